The van der Waals surface area contributed by atoms with Gasteiger partial charge in [-0.05, 0) is 49.9 Å². The average molecular weight is 480 g/mol. The van der Waals surface area contributed by atoms with Crippen molar-refractivity contribution < 1.29 is 27.2 Å². The first-order valence-electron chi connectivity index (χ1n) is 11.0. The van der Waals surface area contributed by atoms with Crippen LogP contribution < -0.4 is 0 Å². The lowest BCUT2D eigenvalue weighted by Gasteiger charge is -2.17. The molecule has 0 heterocycles. The van der Waals surface area contributed by atoms with E-state index in [2.05, 4.69) is 0 Å². The third-order valence-electron chi connectivity index (χ3n) is 4.48. The van der Waals surface area contributed by atoms with Crippen LogP contribution in [0.3, 0.4) is 0 Å². The zero-order valence-electron chi connectivity index (χ0n) is 19.4. The van der Waals surface area contributed by atoms with Crippen LogP contribution in [-0.2, 0) is 39.5 Å². The van der Waals surface area contributed by atoms with Crippen LogP contribution in [-0.4, -0.2) is 26.4 Å². The Bertz CT molecular complexity index is 840. The predicted octanol–water partition coefficient (Wildman–Crippen LogP) is 7.39. The highest BCUT2D eigenvalue weighted by Gasteiger charge is 2.24. The standard InChI is InChI=1S/C24H34O6P2/c1-5-27-31(25,28-6-2)19-23-15-11-21(12-16-23)9-10-22-13-17-24(18-14-22)20-32(26,29-7-3)30-8-4/h9-18H,5-8,19-20H2,1-4H3/b10-9+. The monoisotopic (exact) mass is 480 g/mol. The minimum Gasteiger partial charge on any atom is -0.309 e. The molecular weight excluding hydrogens is 446 g/mol. The highest BCUT2D eigenvalue weighted by molar-refractivity contribution is 7.53. The van der Waals surface area contributed by atoms with Crippen LogP contribution in [0.2, 0.25) is 0 Å². The maximum atomic E-state index is 12.7. The Labute approximate surface area is 192 Å². The maximum absolute atomic E-state index is 12.7. The largest absolute Gasteiger partial charge is 0.335 e. The molecule has 32 heavy (non-hydrogen) atoms. The lowest BCUT2D eigenvalue weighted by atomic mass is 10.1. The average Bonchev–Trinajstić information content (AvgIpc) is 2.75. The van der Waals surface area contributed by atoms with Crippen LogP contribution in [0.1, 0.15) is 49.9 Å². The first-order chi connectivity index (χ1) is 15.3. The summed E-state index contributed by atoms with van der Waals surface area (Å²) in [4.78, 5) is 0. The van der Waals surface area contributed by atoms with Crippen molar-refractivity contribution in [2.45, 2.75) is 40.0 Å². The topological polar surface area (TPSA) is 71.1 Å². The van der Waals surface area contributed by atoms with Crippen molar-refractivity contribution in [3.05, 3.63) is 70.8 Å². The van der Waals surface area contributed by atoms with E-state index < -0.39 is 15.2 Å². The van der Waals surface area contributed by atoms with E-state index in [4.69, 9.17) is 18.1 Å². The van der Waals surface area contributed by atoms with Gasteiger partial charge < -0.3 is 18.1 Å². The molecule has 2 aromatic rings. The van der Waals surface area contributed by atoms with Crippen molar-refractivity contribution in [3.8, 4) is 0 Å². The molecule has 2 rings (SSSR count). The van der Waals surface area contributed by atoms with Gasteiger partial charge in [-0.3, -0.25) is 9.13 Å². The van der Waals surface area contributed by atoms with Gasteiger partial charge >= 0.3 is 15.2 Å². The van der Waals surface area contributed by atoms with Crippen LogP contribution in [0.15, 0.2) is 48.5 Å². The molecule has 0 saturated carbocycles. The molecule has 0 unspecified atom stereocenters. The number of rotatable bonds is 14. The number of benzene rings is 2. The molecule has 0 saturated heterocycles. The highest BCUT2D eigenvalue weighted by atomic mass is 31.2. The van der Waals surface area contributed by atoms with Crippen molar-refractivity contribution in [2.24, 2.45) is 0 Å². The molecule has 0 aliphatic rings. The van der Waals surface area contributed by atoms with Crippen LogP contribution in [0, 0.1) is 0 Å². The summed E-state index contributed by atoms with van der Waals surface area (Å²) >= 11 is 0. The van der Waals surface area contributed by atoms with Crippen molar-refractivity contribution >= 4 is 27.3 Å². The number of hydrogen-bond donors (Lipinski definition) is 0. The molecule has 0 aliphatic heterocycles. The molecule has 6 nitrogen and oxygen atoms in total. The second-order valence-corrected chi connectivity index (χ2v) is 11.1. The van der Waals surface area contributed by atoms with E-state index in [0.717, 1.165) is 22.3 Å². The van der Waals surface area contributed by atoms with E-state index in [1.807, 2.05) is 88.4 Å². The molecule has 8 heteroatoms. The Morgan fingerprint density at radius 1 is 0.562 bits per heavy atom. The minimum atomic E-state index is -3.10. The highest BCUT2D eigenvalue weighted by Crippen LogP contribution is 2.52. The van der Waals surface area contributed by atoms with Gasteiger partial charge in [-0.25, -0.2) is 0 Å². The van der Waals surface area contributed by atoms with Crippen LogP contribution in [0.5, 0.6) is 0 Å². The van der Waals surface area contributed by atoms with E-state index in [9.17, 15) is 9.13 Å². The molecule has 0 atom stereocenters. The summed E-state index contributed by atoms with van der Waals surface area (Å²) < 4.78 is 46.8. The summed E-state index contributed by atoms with van der Waals surface area (Å²) in [6, 6.07) is 15.6. The van der Waals surface area contributed by atoms with Gasteiger partial charge in [0.05, 0.1) is 38.8 Å². The molecule has 0 fully saturated rings. The van der Waals surface area contributed by atoms with E-state index in [0.29, 0.717) is 26.4 Å². The normalized spacial score (nSPS) is 12.5. The van der Waals surface area contributed by atoms with Gasteiger partial charge in [-0.2, -0.15) is 0 Å². The molecular formula is C24H34O6P2. The molecule has 0 radical (unpaired) electrons. The summed E-state index contributed by atoms with van der Waals surface area (Å²) in [7, 11) is -6.21. The predicted molar refractivity (Wildman–Crippen MR) is 131 cm³/mol. The maximum Gasteiger partial charge on any atom is 0.335 e. The lowest BCUT2D eigenvalue weighted by molar-refractivity contribution is 0.218. The minimum absolute atomic E-state index is 0.257. The van der Waals surface area contributed by atoms with Gasteiger partial charge in [0.25, 0.3) is 0 Å². The lowest BCUT2D eigenvalue weighted by Crippen LogP contribution is -1.99. The van der Waals surface area contributed by atoms with Crippen LogP contribution in [0.25, 0.3) is 12.2 Å². The quantitative estimate of drug-likeness (QED) is 0.207. The smallest absolute Gasteiger partial charge is 0.309 e. The first kappa shape index (κ1) is 26.7. The van der Waals surface area contributed by atoms with E-state index in [1.165, 1.54) is 0 Å². The van der Waals surface area contributed by atoms with Gasteiger partial charge in [0.15, 0.2) is 0 Å². The van der Waals surface area contributed by atoms with E-state index in [-0.39, 0.29) is 12.3 Å². The first-order valence-corrected chi connectivity index (χ1v) is 14.4. The molecule has 0 aromatic heterocycles. The Morgan fingerprint density at radius 2 is 0.844 bits per heavy atom. The summed E-state index contributed by atoms with van der Waals surface area (Å²) in [5, 5.41) is 0. The zero-order valence-corrected chi connectivity index (χ0v) is 21.1. The Balaban J connectivity index is 2.01. The van der Waals surface area contributed by atoms with E-state index in [1.54, 1.807) is 0 Å². The summed E-state index contributed by atoms with van der Waals surface area (Å²) in [6.07, 6.45) is 4.53. The second-order valence-electron chi connectivity index (χ2n) is 7.03. The Hall–Kier alpha value is -1.52. The van der Waals surface area contributed by atoms with E-state index >= 15 is 0 Å². The molecule has 0 N–H and O–H groups in total. The summed E-state index contributed by atoms with van der Waals surface area (Å²) in [5.41, 5.74) is 3.87. The van der Waals surface area contributed by atoms with Gasteiger partial charge in [-0.1, -0.05) is 60.7 Å². The van der Waals surface area contributed by atoms with Gasteiger partial charge in [0.2, 0.25) is 0 Å². The van der Waals surface area contributed by atoms with Gasteiger partial charge in [0.1, 0.15) is 0 Å². The van der Waals surface area contributed by atoms with Crippen molar-refractivity contribution in [1.82, 2.24) is 0 Å². The fraction of sp³-hybridized carbons (Fsp3) is 0.417. The fourth-order valence-corrected chi connectivity index (χ4v) is 6.56. The summed E-state index contributed by atoms with van der Waals surface area (Å²) in [6.45, 7) is 8.64. The van der Waals surface area contributed by atoms with Crippen molar-refractivity contribution in [2.75, 3.05) is 26.4 Å². The molecule has 0 amide bonds. The Morgan fingerprint density at radius 3 is 1.09 bits per heavy atom. The summed E-state index contributed by atoms with van der Waals surface area (Å²) in [5.74, 6) is 0. The van der Waals surface area contributed by atoms with Crippen LogP contribution >= 0.6 is 15.2 Å². The fourth-order valence-electron chi connectivity index (χ4n) is 3.15. The third kappa shape index (κ3) is 8.78. The third-order valence-corrected chi connectivity index (χ3v) is 8.59. The molecule has 0 aliphatic carbocycles. The second kappa shape index (κ2) is 13.3. The molecule has 2 aromatic carbocycles. The zero-order chi connectivity index (χ0) is 23.5. The SMILES string of the molecule is CCOP(=O)(Cc1ccc(/C=C/c2ccc(CP(=O)(OCC)OCC)cc2)cc1)OCC. The van der Waals surface area contributed by atoms with Gasteiger partial charge in [0, 0.05) is 0 Å². The molecule has 0 spiro atoms. The van der Waals surface area contributed by atoms with Crippen molar-refractivity contribution in [3.63, 3.8) is 0 Å². The number of hydrogen-bond acceptors (Lipinski definition) is 6. The van der Waals surface area contributed by atoms with Crippen molar-refractivity contribution in [1.29, 1.82) is 0 Å². The molecule has 0 bridgehead atoms. The molecule has 176 valence electrons. The van der Waals surface area contributed by atoms with Gasteiger partial charge in [-0.15, -0.1) is 0 Å². The van der Waals surface area contributed by atoms with Crippen LogP contribution in [0.4, 0.5) is 0 Å². The Kier molecular flexibility index (Phi) is 11.1.